The molecule has 0 aliphatic heterocycles. The summed E-state index contributed by atoms with van der Waals surface area (Å²) in [7, 11) is 1.98. The van der Waals surface area contributed by atoms with E-state index in [2.05, 4.69) is 0 Å². The van der Waals surface area contributed by atoms with Crippen molar-refractivity contribution in [1.82, 2.24) is 4.57 Å². The quantitative estimate of drug-likeness (QED) is 0.678. The Hall–Kier alpha value is -1.55. The first-order valence-corrected chi connectivity index (χ1v) is 4.74. The minimum atomic E-state index is 0. The Balaban J connectivity index is 0.00000128. The molecule has 0 unspecified atom stereocenters. The van der Waals surface area contributed by atoms with Gasteiger partial charge in [0.15, 0.2) is 0 Å². The summed E-state index contributed by atoms with van der Waals surface area (Å²) >= 11 is 0. The van der Waals surface area contributed by atoms with Crippen molar-refractivity contribution in [3.63, 3.8) is 0 Å². The highest BCUT2D eigenvalue weighted by Gasteiger charge is 1.94. The third-order valence-corrected chi connectivity index (χ3v) is 2.12. The van der Waals surface area contributed by atoms with E-state index in [1.165, 1.54) is 0 Å². The largest absolute Gasteiger partial charge is 1.00 e. The number of aryl methyl sites for hydroxylation is 1. The lowest BCUT2D eigenvalue weighted by Gasteiger charge is -1.92. The number of benzene rings is 1. The van der Waals surface area contributed by atoms with Crippen molar-refractivity contribution < 1.29 is 26.7 Å². The van der Waals surface area contributed by atoms with Crippen molar-refractivity contribution in [1.29, 1.82) is 0 Å². The van der Waals surface area contributed by atoms with Crippen molar-refractivity contribution in [2.75, 3.05) is 0 Å². The van der Waals surface area contributed by atoms with E-state index in [-0.39, 0.29) is 17.0 Å². The molecule has 0 radical (unpaired) electrons. The number of hydrogen-bond donors (Lipinski definition) is 1. The second kappa shape index (κ2) is 5.51. The molecule has 0 aliphatic carbocycles. The minimum absolute atomic E-state index is 0. The summed E-state index contributed by atoms with van der Waals surface area (Å²) in [6.45, 7) is 0. The maximum absolute atomic E-state index is 9.11. The van der Waals surface area contributed by atoms with E-state index in [4.69, 9.17) is 5.11 Å². The SMILES string of the molecule is C[n+]1ccn(/C=C/c2ccc(O)cc2)c1.[Br-]. The summed E-state index contributed by atoms with van der Waals surface area (Å²) in [5, 5.41) is 9.11. The molecule has 1 heterocycles. The molecule has 84 valence electrons. The average molecular weight is 281 g/mol. The van der Waals surface area contributed by atoms with Gasteiger partial charge in [-0.3, -0.25) is 0 Å². The van der Waals surface area contributed by atoms with Crippen LogP contribution in [0.2, 0.25) is 0 Å². The van der Waals surface area contributed by atoms with Crippen LogP contribution in [0.15, 0.2) is 43.0 Å². The molecule has 16 heavy (non-hydrogen) atoms. The van der Waals surface area contributed by atoms with E-state index in [1.54, 1.807) is 12.1 Å². The molecule has 0 fully saturated rings. The second-order valence-corrected chi connectivity index (χ2v) is 3.43. The fourth-order valence-corrected chi connectivity index (χ4v) is 1.32. The van der Waals surface area contributed by atoms with Crippen LogP contribution in [0.1, 0.15) is 5.56 Å². The van der Waals surface area contributed by atoms with Crippen LogP contribution in [0, 0.1) is 0 Å². The zero-order chi connectivity index (χ0) is 10.7. The van der Waals surface area contributed by atoms with E-state index >= 15 is 0 Å². The fraction of sp³-hybridized carbons (Fsp3) is 0.0833. The van der Waals surface area contributed by atoms with Crippen LogP contribution < -0.4 is 21.5 Å². The molecular weight excluding hydrogens is 268 g/mol. The Morgan fingerprint density at radius 1 is 1.25 bits per heavy atom. The topological polar surface area (TPSA) is 29.0 Å². The molecular formula is C12H13BrN2O. The molecule has 0 atom stereocenters. The van der Waals surface area contributed by atoms with Gasteiger partial charge < -0.3 is 22.1 Å². The maximum Gasteiger partial charge on any atom is 0.248 e. The van der Waals surface area contributed by atoms with Gasteiger partial charge in [-0.25, -0.2) is 9.13 Å². The van der Waals surface area contributed by atoms with E-state index in [9.17, 15) is 0 Å². The van der Waals surface area contributed by atoms with Gasteiger partial charge in [-0.1, -0.05) is 12.1 Å². The molecule has 3 nitrogen and oxygen atoms in total. The number of rotatable bonds is 2. The first-order valence-electron chi connectivity index (χ1n) is 4.74. The van der Waals surface area contributed by atoms with Crippen LogP contribution in [-0.2, 0) is 7.05 Å². The van der Waals surface area contributed by atoms with Gasteiger partial charge in [0.2, 0.25) is 6.33 Å². The lowest BCUT2D eigenvalue weighted by Crippen LogP contribution is -3.00. The Morgan fingerprint density at radius 3 is 2.50 bits per heavy atom. The number of nitrogens with zero attached hydrogens (tertiary/aromatic N) is 2. The van der Waals surface area contributed by atoms with E-state index in [0.29, 0.717) is 5.75 Å². The highest BCUT2D eigenvalue weighted by Crippen LogP contribution is 2.10. The smallest absolute Gasteiger partial charge is 0.248 e. The van der Waals surface area contributed by atoms with Gasteiger partial charge in [-0.05, 0) is 23.8 Å². The van der Waals surface area contributed by atoms with Crippen molar-refractivity contribution in [3.8, 4) is 5.75 Å². The fourth-order valence-electron chi connectivity index (χ4n) is 1.32. The number of aromatic nitrogens is 2. The normalized spacial score (nSPS) is 10.3. The summed E-state index contributed by atoms with van der Waals surface area (Å²) in [5.41, 5.74) is 1.06. The summed E-state index contributed by atoms with van der Waals surface area (Å²) < 4.78 is 3.94. The van der Waals surface area contributed by atoms with Crippen molar-refractivity contribution in [3.05, 3.63) is 48.5 Å². The zero-order valence-corrected chi connectivity index (χ0v) is 10.5. The van der Waals surface area contributed by atoms with Crippen LogP contribution in [0.4, 0.5) is 0 Å². The van der Waals surface area contributed by atoms with Gasteiger partial charge in [0, 0.05) is 0 Å². The minimum Gasteiger partial charge on any atom is -1.00 e. The van der Waals surface area contributed by atoms with Crippen LogP contribution in [-0.4, -0.2) is 9.67 Å². The Kier molecular flexibility index (Phi) is 4.31. The second-order valence-electron chi connectivity index (χ2n) is 3.43. The Labute approximate surface area is 105 Å². The van der Waals surface area contributed by atoms with Gasteiger partial charge in [-0.2, -0.15) is 0 Å². The lowest BCUT2D eigenvalue weighted by molar-refractivity contribution is -0.670. The summed E-state index contributed by atoms with van der Waals surface area (Å²) in [4.78, 5) is 0. The molecule has 0 aliphatic rings. The van der Waals surface area contributed by atoms with Gasteiger partial charge in [0.1, 0.15) is 18.1 Å². The van der Waals surface area contributed by atoms with Gasteiger partial charge >= 0.3 is 0 Å². The van der Waals surface area contributed by atoms with Crippen molar-refractivity contribution in [2.24, 2.45) is 7.05 Å². The number of hydrogen-bond acceptors (Lipinski definition) is 1. The maximum atomic E-state index is 9.11. The molecule has 4 heteroatoms. The van der Waals surface area contributed by atoms with Crippen LogP contribution in [0.25, 0.3) is 12.3 Å². The Bertz CT molecular complexity index is 474. The molecule has 2 aromatic rings. The Morgan fingerprint density at radius 2 is 1.94 bits per heavy atom. The number of phenolic OH excluding ortho intramolecular Hbond substituents is 1. The average Bonchev–Trinajstić information content (AvgIpc) is 2.64. The molecule has 0 saturated carbocycles. The standard InChI is InChI=1S/C12H12N2O.BrH/c1-13-8-9-14(10-13)7-6-11-2-4-12(15)5-3-11;/h2-10H,1H3;1H/b7-6+;. The molecule has 0 amide bonds. The first-order chi connectivity index (χ1) is 7.24. The predicted octanol–water partition coefficient (Wildman–Crippen LogP) is -1.35. The first kappa shape index (κ1) is 12.5. The lowest BCUT2D eigenvalue weighted by atomic mass is 10.2. The van der Waals surface area contributed by atoms with Gasteiger partial charge in [-0.15, -0.1) is 0 Å². The molecule has 0 bridgehead atoms. The van der Waals surface area contributed by atoms with Crippen molar-refractivity contribution in [2.45, 2.75) is 0 Å². The molecule has 1 aromatic heterocycles. The van der Waals surface area contributed by atoms with Gasteiger partial charge in [0.25, 0.3) is 0 Å². The third kappa shape index (κ3) is 3.24. The zero-order valence-electron chi connectivity index (χ0n) is 8.92. The highest BCUT2D eigenvalue weighted by molar-refractivity contribution is 5.60. The van der Waals surface area contributed by atoms with E-state index < -0.39 is 0 Å². The molecule has 0 spiro atoms. The number of halogens is 1. The molecule has 0 saturated heterocycles. The summed E-state index contributed by atoms with van der Waals surface area (Å²) in [5.74, 6) is 0.291. The van der Waals surface area contributed by atoms with Crippen LogP contribution in [0.3, 0.4) is 0 Å². The third-order valence-electron chi connectivity index (χ3n) is 2.12. The summed E-state index contributed by atoms with van der Waals surface area (Å²) in [6.07, 6.45) is 9.86. The van der Waals surface area contributed by atoms with E-state index in [0.717, 1.165) is 5.56 Å². The van der Waals surface area contributed by atoms with Crippen LogP contribution in [0.5, 0.6) is 5.75 Å². The predicted molar refractivity (Wildman–Crippen MR) is 58.9 cm³/mol. The van der Waals surface area contributed by atoms with Crippen molar-refractivity contribution >= 4 is 12.3 Å². The summed E-state index contributed by atoms with van der Waals surface area (Å²) in [6, 6.07) is 7.09. The van der Waals surface area contributed by atoms with Crippen LogP contribution >= 0.6 is 0 Å². The molecule has 1 aromatic carbocycles. The molecule has 2 rings (SSSR count). The highest BCUT2D eigenvalue weighted by atomic mass is 79.9. The number of imidazole rings is 1. The van der Waals surface area contributed by atoms with Gasteiger partial charge in [0.05, 0.1) is 13.2 Å². The number of aromatic hydroxyl groups is 1. The monoisotopic (exact) mass is 280 g/mol. The number of phenols is 1. The molecule has 1 N–H and O–H groups in total. The van der Waals surface area contributed by atoms with E-state index in [1.807, 2.05) is 59.3 Å².